The summed E-state index contributed by atoms with van der Waals surface area (Å²) >= 11 is 0. The molecule has 0 aromatic heterocycles. The molecule has 1 aromatic rings. The second-order valence-electron chi connectivity index (χ2n) is 5.29. The Balaban J connectivity index is 2.18. The lowest BCUT2D eigenvalue weighted by molar-refractivity contribution is 0.0620. The molecule has 0 saturated carbocycles. The van der Waals surface area contributed by atoms with E-state index in [1.54, 1.807) is 37.3 Å². The van der Waals surface area contributed by atoms with E-state index in [0.717, 1.165) is 0 Å². The summed E-state index contributed by atoms with van der Waals surface area (Å²) in [7, 11) is 0. The molecule has 2 atom stereocenters. The van der Waals surface area contributed by atoms with Crippen molar-refractivity contribution in [1.29, 1.82) is 0 Å². The fourth-order valence-electron chi connectivity index (χ4n) is 2.60. The van der Waals surface area contributed by atoms with Crippen molar-refractivity contribution in [3.63, 3.8) is 0 Å². The van der Waals surface area contributed by atoms with E-state index < -0.39 is 12.1 Å². The lowest BCUT2D eigenvalue weighted by Crippen LogP contribution is -2.44. The molecule has 2 unspecified atom stereocenters. The Morgan fingerprint density at radius 2 is 1.86 bits per heavy atom. The molecule has 2 rings (SSSR count). The van der Waals surface area contributed by atoms with E-state index in [-0.39, 0.29) is 24.3 Å². The van der Waals surface area contributed by atoms with Crippen LogP contribution in [0.4, 0.5) is 4.79 Å². The topological polar surface area (TPSA) is 86.7 Å². The summed E-state index contributed by atoms with van der Waals surface area (Å²) < 4.78 is 0. The first-order valence-corrected chi connectivity index (χ1v) is 7.01. The Labute approximate surface area is 128 Å². The van der Waals surface area contributed by atoms with E-state index in [4.69, 9.17) is 5.11 Å². The zero-order valence-electron chi connectivity index (χ0n) is 12.3. The highest BCUT2D eigenvalue weighted by Crippen LogP contribution is 2.25. The van der Waals surface area contributed by atoms with Crippen LogP contribution in [0.3, 0.4) is 0 Å². The van der Waals surface area contributed by atoms with Crippen LogP contribution in [0.1, 0.15) is 34.1 Å². The molecule has 0 bridgehead atoms. The van der Waals surface area contributed by atoms with Gasteiger partial charge >= 0.3 is 6.09 Å². The predicted octanol–water partition coefficient (Wildman–Crippen LogP) is 2.13. The first kappa shape index (κ1) is 15.8. The molecule has 2 N–H and O–H groups in total. The maximum absolute atomic E-state index is 12.3. The van der Waals surface area contributed by atoms with Crippen LogP contribution in [-0.2, 0) is 0 Å². The number of carbonyl (C=O) groups excluding carboxylic acids is 2. The van der Waals surface area contributed by atoms with Crippen molar-refractivity contribution in [3.05, 3.63) is 48.0 Å². The minimum Gasteiger partial charge on any atom is -0.465 e. The number of hydrogen-bond acceptors (Lipinski definition) is 3. The highest BCUT2D eigenvalue weighted by Gasteiger charge is 2.37. The van der Waals surface area contributed by atoms with Crippen LogP contribution in [-0.4, -0.2) is 40.5 Å². The zero-order chi connectivity index (χ0) is 16.3. The smallest absolute Gasteiger partial charge is 0.404 e. The Kier molecular flexibility index (Phi) is 4.60. The average Bonchev–Trinajstić information content (AvgIpc) is 2.71. The SMILES string of the molecule is C=CCC(CN1C(=O)c2ccccc2C1=O)C(C)NC(=O)O. The van der Waals surface area contributed by atoms with Crippen molar-refractivity contribution in [2.24, 2.45) is 5.92 Å². The second-order valence-corrected chi connectivity index (χ2v) is 5.29. The van der Waals surface area contributed by atoms with Crippen LogP contribution in [0.15, 0.2) is 36.9 Å². The van der Waals surface area contributed by atoms with Gasteiger partial charge in [0.05, 0.1) is 11.1 Å². The van der Waals surface area contributed by atoms with Crippen molar-refractivity contribution < 1.29 is 19.5 Å². The number of allylic oxidation sites excluding steroid dienone is 1. The number of benzene rings is 1. The number of hydrogen-bond donors (Lipinski definition) is 2. The van der Waals surface area contributed by atoms with Gasteiger partial charge in [-0.1, -0.05) is 18.2 Å². The fraction of sp³-hybridized carbons (Fsp3) is 0.312. The van der Waals surface area contributed by atoms with Gasteiger partial charge in [-0.3, -0.25) is 14.5 Å². The van der Waals surface area contributed by atoms with Crippen molar-refractivity contribution in [1.82, 2.24) is 10.2 Å². The molecule has 1 heterocycles. The van der Waals surface area contributed by atoms with E-state index in [1.807, 2.05) is 0 Å². The molecule has 116 valence electrons. The minimum absolute atomic E-state index is 0.153. The number of imide groups is 1. The molecule has 1 aliphatic rings. The van der Waals surface area contributed by atoms with Gasteiger partial charge in [0.15, 0.2) is 0 Å². The largest absolute Gasteiger partial charge is 0.465 e. The summed E-state index contributed by atoms with van der Waals surface area (Å²) in [6.07, 6.45) is 1.02. The predicted molar refractivity (Wildman–Crippen MR) is 80.7 cm³/mol. The van der Waals surface area contributed by atoms with E-state index in [9.17, 15) is 14.4 Å². The van der Waals surface area contributed by atoms with E-state index >= 15 is 0 Å². The summed E-state index contributed by atoms with van der Waals surface area (Å²) in [6.45, 7) is 5.51. The summed E-state index contributed by atoms with van der Waals surface area (Å²) in [5.41, 5.74) is 0.785. The van der Waals surface area contributed by atoms with Gasteiger partial charge in [-0.05, 0) is 25.5 Å². The first-order chi connectivity index (χ1) is 10.5. The third kappa shape index (κ3) is 3.00. The van der Waals surface area contributed by atoms with Gasteiger partial charge in [-0.15, -0.1) is 6.58 Å². The number of fused-ring (bicyclic) bond motifs is 1. The number of nitrogens with zero attached hydrogens (tertiary/aromatic N) is 1. The van der Waals surface area contributed by atoms with Crippen LogP contribution >= 0.6 is 0 Å². The molecule has 1 aliphatic heterocycles. The Hall–Kier alpha value is -2.63. The van der Waals surface area contributed by atoms with Crippen molar-refractivity contribution >= 4 is 17.9 Å². The third-order valence-corrected chi connectivity index (χ3v) is 3.82. The molecule has 3 amide bonds. The maximum Gasteiger partial charge on any atom is 0.404 e. The molecular formula is C16H18N2O4. The molecule has 0 fully saturated rings. The lowest BCUT2D eigenvalue weighted by atomic mass is 9.96. The van der Waals surface area contributed by atoms with Gasteiger partial charge in [-0.2, -0.15) is 0 Å². The van der Waals surface area contributed by atoms with E-state index in [1.165, 1.54) is 4.90 Å². The van der Waals surface area contributed by atoms with Crippen molar-refractivity contribution in [3.8, 4) is 0 Å². The van der Waals surface area contributed by atoms with Gasteiger partial charge in [0.1, 0.15) is 0 Å². The summed E-state index contributed by atoms with van der Waals surface area (Å²) in [5.74, 6) is -0.898. The molecule has 1 aromatic carbocycles. The monoisotopic (exact) mass is 302 g/mol. The van der Waals surface area contributed by atoms with Gasteiger partial charge in [0.2, 0.25) is 0 Å². The standard InChI is InChI=1S/C16H18N2O4/c1-3-6-11(10(2)17-16(21)22)9-18-14(19)12-7-4-5-8-13(12)15(18)20/h3-5,7-8,10-11,17H,1,6,9H2,2H3,(H,21,22). The first-order valence-electron chi connectivity index (χ1n) is 7.01. The van der Waals surface area contributed by atoms with E-state index in [0.29, 0.717) is 17.5 Å². The Morgan fingerprint density at radius 1 is 1.32 bits per heavy atom. The molecule has 0 spiro atoms. The molecule has 6 heteroatoms. The molecular weight excluding hydrogens is 284 g/mol. The van der Waals surface area contributed by atoms with Crippen molar-refractivity contribution in [2.75, 3.05) is 6.54 Å². The molecule has 6 nitrogen and oxygen atoms in total. The molecule has 0 radical (unpaired) electrons. The number of amides is 3. The summed E-state index contributed by atoms with van der Waals surface area (Å²) in [4.78, 5) is 36.6. The van der Waals surface area contributed by atoms with Gasteiger partial charge in [-0.25, -0.2) is 4.79 Å². The molecule has 22 heavy (non-hydrogen) atoms. The minimum atomic E-state index is -1.14. The zero-order valence-corrected chi connectivity index (χ0v) is 12.3. The third-order valence-electron chi connectivity index (χ3n) is 3.82. The van der Waals surface area contributed by atoms with Gasteiger partial charge in [0, 0.05) is 18.5 Å². The average molecular weight is 302 g/mol. The Bertz CT molecular complexity index is 591. The Morgan fingerprint density at radius 3 is 2.32 bits per heavy atom. The summed E-state index contributed by atoms with van der Waals surface area (Å²) in [6, 6.07) is 6.26. The number of rotatable bonds is 6. The van der Waals surface area contributed by atoms with Gasteiger partial charge in [0.25, 0.3) is 11.8 Å². The van der Waals surface area contributed by atoms with Crippen LogP contribution < -0.4 is 5.32 Å². The normalized spacial score (nSPS) is 16.1. The van der Waals surface area contributed by atoms with Crippen molar-refractivity contribution in [2.45, 2.75) is 19.4 Å². The number of carbonyl (C=O) groups is 3. The quantitative estimate of drug-likeness (QED) is 0.622. The highest BCUT2D eigenvalue weighted by molar-refractivity contribution is 6.21. The van der Waals surface area contributed by atoms with Gasteiger partial charge < -0.3 is 10.4 Å². The fourth-order valence-corrected chi connectivity index (χ4v) is 2.60. The van der Waals surface area contributed by atoms with Crippen LogP contribution in [0.2, 0.25) is 0 Å². The summed E-state index contributed by atoms with van der Waals surface area (Å²) in [5, 5.41) is 11.2. The van der Waals surface area contributed by atoms with Crippen LogP contribution in [0.5, 0.6) is 0 Å². The van der Waals surface area contributed by atoms with Crippen LogP contribution in [0, 0.1) is 5.92 Å². The van der Waals surface area contributed by atoms with Crippen LogP contribution in [0.25, 0.3) is 0 Å². The number of nitrogens with one attached hydrogen (secondary N) is 1. The lowest BCUT2D eigenvalue weighted by Gasteiger charge is -2.26. The van der Waals surface area contributed by atoms with E-state index in [2.05, 4.69) is 11.9 Å². The molecule has 0 saturated heterocycles. The maximum atomic E-state index is 12.3. The second kappa shape index (κ2) is 6.43. The highest BCUT2D eigenvalue weighted by atomic mass is 16.4. The molecule has 0 aliphatic carbocycles. The number of carboxylic acid groups (broad SMARTS) is 1.